The van der Waals surface area contributed by atoms with E-state index in [-0.39, 0.29) is 0 Å². The Balaban J connectivity index is 4.85. The van der Waals surface area contributed by atoms with Crippen LogP contribution < -0.4 is 0 Å². The molecule has 0 aliphatic rings. The van der Waals surface area contributed by atoms with Crippen molar-refractivity contribution in [2.45, 2.75) is 32.1 Å². The summed E-state index contributed by atoms with van der Waals surface area (Å²) in [6.45, 7) is 2.99. The second-order valence-electron chi connectivity index (χ2n) is 3.14. The van der Waals surface area contributed by atoms with E-state index in [1.165, 1.54) is 0 Å². The summed E-state index contributed by atoms with van der Waals surface area (Å²) in [5.74, 6) is -2.64. The second kappa shape index (κ2) is 4.40. The molecule has 90 valence electrons. The summed E-state index contributed by atoms with van der Waals surface area (Å²) >= 11 is 0. The molecular formula is C7H12F2O5S. The number of carbonyl (C=O) groups is 1. The molecule has 0 bridgehead atoms. The number of halogens is 2. The van der Waals surface area contributed by atoms with E-state index in [1.54, 1.807) is 0 Å². The van der Waals surface area contributed by atoms with Crippen LogP contribution in [0, 0.1) is 5.92 Å². The SMILES string of the molecule is CC(=O)OC(C)C(C)C(F)(F)S(=O)(=O)O. The zero-order valence-corrected chi connectivity index (χ0v) is 9.22. The monoisotopic (exact) mass is 246 g/mol. The lowest BCUT2D eigenvalue weighted by Crippen LogP contribution is -2.42. The highest BCUT2D eigenvalue weighted by Gasteiger charge is 2.52. The minimum absolute atomic E-state index is 0.805. The summed E-state index contributed by atoms with van der Waals surface area (Å²) in [7, 11) is -5.51. The van der Waals surface area contributed by atoms with Crippen molar-refractivity contribution in [3.63, 3.8) is 0 Å². The Morgan fingerprint density at radius 1 is 1.40 bits per heavy atom. The number of esters is 1. The minimum atomic E-state index is -5.51. The Kier molecular flexibility index (Phi) is 4.17. The highest BCUT2D eigenvalue weighted by atomic mass is 32.2. The van der Waals surface area contributed by atoms with Gasteiger partial charge in [0.15, 0.2) is 0 Å². The van der Waals surface area contributed by atoms with Crippen molar-refractivity contribution >= 4 is 16.1 Å². The molecule has 0 radical (unpaired) electrons. The van der Waals surface area contributed by atoms with Crippen molar-refractivity contribution in [3.8, 4) is 0 Å². The molecule has 0 aromatic rings. The number of ether oxygens (including phenoxy) is 1. The highest BCUT2D eigenvalue weighted by molar-refractivity contribution is 7.86. The van der Waals surface area contributed by atoms with Crippen LogP contribution in [0.1, 0.15) is 20.8 Å². The third-order valence-electron chi connectivity index (χ3n) is 1.93. The summed E-state index contributed by atoms with van der Waals surface area (Å²) in [4.78, 5) is 10.5. The third kappa shape index (κ3) is 3.38. The van der Waals surface area contributed by atoms with Gasteiger partial charge in [0.05, 0.1) is 5.92 Å². The smallest absolute Gasteiger partial charge is 0.375 e. The number of alkyl halides is 2. The summed E-state index contributed by atoms with van der Waals surface area (Å²) in [6.07, 6.45) is -1.32. The van der Waals surface area contributed by atoms with Crippen LogP contribution in [0.2, 0.25) is 0 Å². The Morgan fingerprint density at radius 2 is 1.80 bits per heavy atom. The molecular weight excluding hydrogens is 234 g/mol. The standard InChI is InChI=1S/C7H12F2O5S/c1-4(5(2)14-6(3)10)7(8,9)15(11,12)13/h4-5H,1-3H3,(H,11,12,13). The van der Waals surface area contributed by atoms with E-state index in [2.05, 4.69) is 4.74 Å². The summed E-state index contributed by atoms with van der Waals surface area (Å²) in [6, 6.07) is 0. The average Bonchev–Trinajstić information content (AvgIpc) is 1.99. The Hall–Kier alpha value is -0.760. The maximum absolute atomic E-state index is 13.0. The van der Waals surface area contributed by atoms with E-state index in [1.807, 2.05) is 0 Å². The minimum Gasteiger partial charge on any atom is -0.462 e. The largest absolute Gasteiger partial charge is 0.462 e. The van der Waals surface area contributed by atoms with Crippen molar-refractivity contribution in [3.05, 3.63) is 0 Å². The average molecular weight is 246 g/mol. The molecule has 15 heavy (non-hydrogen) atoms. The van der Waals surface area contributed by atoms with Crippen molar-refractivity contribution in [2.75, 3.05) is 0 Å². The molecule has 0 amide bonds. The molecule has 0 aliphatic heterocycles. The van der Waals surface area contributed by atoms with Crippen LogP contribution in [0.15, 0.2) is 0 Å². The molecule has 0 saturated heterocycles. The van der Waals surface area contributed by atoms with E-state index < -0.39 is 33.4 Å². The molecule has 0 aromatic heterocycles. The number of hydrogen-bond donors (Lipinski definition) is 1. The van der Waals surface area contributed by atoms with Gasteiger partial charge >= 0.3 is 21.3 Å². The van der Waals surface area contributed by atoms with Crippen LogP contribution in [0.5, 0.6) is 0 Å². The quantitative estimate of drug-likeness (QED) is 0.592. The van der Waals surface area contributed by atoms with E-state index >= 15 is 0 Å². The zero-order valence-electron chi connectivity index (χ0n) is 8.40. The maximum atomic E-state index is 13.0. The fourth-order valence-electron chi connectivity index (χ4n) is 0.872. The molecule has 1 N–H and O–H groups in total. The van der Waals surface area contributed by atoms with Gasteiger partial charge in [0.1, 0.15) is 6.10 Å². The molecule has 2 atom stereocenters. The predicted molar refractivity (Wildman–Crippen MR) is 46.9 cm³/mol. The van der Waals surface area contributed by atoms with E-state index in [0.29, 0.717) is 0 Å². The molecule has 0 heterocycles. The first-order valence-electron chi connectivity index (χ1n) is 4.02. The molecule has 8 heteroatoms. The number of rotatable bonds is 4. The Labute approximate surface area is 86.2 Å². The number of carbonyl (C=O) groups excluding carboxylic acids is 1. The first-order valence-corrected chi connectivity index (χ1v) is 5.46. The van der Waals surface area contributed by atoms with Crippen LogP contribution in [0.4, 0.5) is 8.78 Å². The number of hydrogen-bond acceptors (Lipinski definition) is 4. The van der Waals surface area contributed by atoms with Crippen LogP contribution in [-0.4, -0.2) is 30.3 Å². The second-order valence-corrected chi connectivity index (χ2v) is 4.63. The fraction of sp³-hybridized carbons (Fsp3) is 0.857. The van der Waals surface area contributed by atoms with Gasteiger partial charge in [-0.15, -0.1) is 0 Å². The lowest BCUT2D eigenvalue weighted by Gasteiger charge is -2.25. The van der Waals surface area contributed by atoms with Gasteiger partial charge in [-0.2, -0.15) is 17.2 Å². The van der Waals surface area contributed by atoms with Crippen LogP contribution in [-0.2, 0) is 19.6 Å². The van der Waals surface area contributed by atoms with Gasteiger partial charge in [-0.1, -0.05) is 6.92 Å². The first-order chi connectivity index (χ1) is 6.50. The van der Waals surface area contributed by atoms with Gasteiger partial charge in [0.2, 0.25) is 0 Å². The molecule has 0 spiro atoms. The lowest BCUT2D eigenvalue weighted by molar-refractivity contribution is -0.152. The summed E-state index contributed by atoms with van der Waals surface area (Å²) < 4.78 is 59.4. The fourth-order valence-corrected chi connectivity index (χ4v) is 1.53. The van der Waals surface area contributed by atoms with Crippen LogP contribution in [0.25, 0.3) is 0 Å². The van der Waals surface area contributed by atoms with Gasteiger partial charge in [-0.3, -0.25) is 9.35 Å². The Morgan fingerprint density at radius 3 is 2.07 bits per heavy atom. The first kappa shape index (κ1) is 14.2. The molecule has 0 saturated carbocycles. The van der Waals surface area contributed by atoms with Crippen molar-refractivity contribution in [1.29, 1.82) is 0 Å². The van der Waals surface area contributed by atoms with Crippen molar-refractivity contribution in [2.24, 2.45) is 5.92 Å². The summed E-state index contributed by atoms with van der Waals surface area (Å²) in [5.41, 5.74) is 0. The van der Waals surface area contributed by atoms with Crippen LogP contribution >= 0.6 is 0 Å². The van der Waals surface area contributed by atoms with Gasteiger partial charge in [0.25, 0.3) is 0 Å². The third-order valence-corrected chi connectivity index (χ3v) is 2.99. The van der Waals surface area contributed by atoms with E-state index in [9.17, 15) is 22.0 Å². The molecule has 0 fully saturated rings. The normalized spacial score (nSPS) is 16.9. The topological polar surface area (TPSA) is 80.7 Å². The molecule has 0 aromatic carbocycles. The van der Waals surface area contributed by atoms with Gasteiger partial charge in [0, 0.05) is 6.92 Å². The van der Waals surface area contributed by atoms with Gasteiger partial charge in [-0.25, -0.2) is 0 Å². The van der Waals surface area contributed by atoms with Gasteiger partial charge < -0.3 is 4.74 Å². The molecule has 2 unspecified atom stereocenters. The summed E-state index contributed by atoms with van der Waals surface area (Å²) in [5, 5.41) is -4.35. The predicted octanol–water partition coefficient (Wildman–Crippen LogP) is 1.05. The molecule has 5 nitrogen and oxygen atoms in total. The zero-order chi connectivity index (χ0) is 12.4. The molecule has 0 aliphatic carbocycles. The Bertz CT molecular complexity index is 337. The van der Waals surface area contributed by atoms with Gasteiger partial charge in [-0.05, 0) is 6.92 Å². The van der Waals surface area contributed by atoms with Crippen LogP contribution in [0.3, 0.4) is 0 Å². The van der Waals surface area contributed by atoms with Crippen molar-refractivity contribution in [1.82, 2.24) is 0 Å². The van der Waals surface area contributed by atoms with E-state index in [4.69, 9.17) is 4.55 Å². The highest BCUT2D eigenvalue weighted by Crippen LogP contribution is 2.33. The van der Waals surface area contributed by atoms with E-state index in [0.717, 1.165) is 20.8 Å². The molecule has 0 rings (SSSR count). The lowest BCUT2D eigenvalue weighted by atomic mass is 10.1. The maximum Gasteiger partial charge on any atom is 0.375 e. The van der Waals surface area contributed by atoms with Crippen molar-refractivity contribution < 1.29 is 31.3 Å².